The number of aromatic nitrogens is 2. The summed E-state index contributed by atoms with van der Waals surface area (Å²) < 4.78 is 31.9. The lowest BCUT2D eigenvalue weighted by Gasteiger charge is -2.25. The fraction of sp³-hybridized carbons (Fsp3) is 0.391. The van der Waals surface area contributed by atoms with E-state index < -0.39 is 13.0 Å². The number of fused-ring (bicyclic) bond motifs is 1. The summed E-state index contributed by atoms with van der Waals surface area (Å²) in [7, 11) is 0. The number of hydrogen-bond donors (Lipinski definition) is 1. The highest BCUT2D eigenvalue weighted by Crippen LogP contribution is 2.26. The summed E-state index contributed by atoms with van der Waals surface area (Å²) in [6, 6.07) is 12.6. The minimum absolute atomic E-state index is 0.175. The maximum absolute atomic E-state index is 13.5. The van der Waals surface area contributed by atoms with Gasteiger partial charge in [-0.1, -0.05) is 24.3 Å². The van der Waals surface area contributed by atoms with Crippen LogP contribution in [0.4, 0.5) is 8.78 Å². The smallest absolute Gasteiger partial charge is 0.272 e. The van der Waals surface area contributed by atoms with Crippen LogP contribution in [0, 0.1) is 12.8 Å². The number of halogens is 2. The third kappa shape index (κ3) is 4.36. The van der Waals surface area contributed by atoms with Gasteiger partial charge in [-0.25, -0.2) is 13.8 Å². The minimum atomic E-state index is -2.57. The van der Waals surface area contributed by atoms with Crippen molar-refractivity contribution in [2.75, 3.05) is 19.7 Å². The van der Waals surface area contributed by atoms with E-state index in [0.29, 0.717) is 29.2 Å². The second-order valence-electron chi connectivity index (χ2n) is 7.76. The molecule has 1 atom stereocenters. The zero-order chi connectivity index (χ0) is 21.1. The van der Waals surface area contributed by atoms with E-state index in [0.717, 1.165) is 37.1 Å². The third-order valence-electron chi connectivity index (χ3n) is 5.53. The van der Waals surface area contributed by atoms with E-state index in [1.54, 1.807) is 16.7 Å². The Morgan fingerprint density at radius 1 is 1.27 bits per heavy atom. The molecule has 0 saturated carbocycles. The number of hydrogen-bond acceptors (Lipinski definition) is 4. The van der Waals surface area contributed by atoms with Gasteiger partial charge in [0.1, 0.15) is 18.2 Å². The van der Waals surface area contributed by atoms with Gasteiger partial charge in [-0.2, -0.15) is 0 Å². The van der Waals surface area contributed by atoms with Crippen LogP contribution >= 0.6 is 0 Å². The average molecular weight is 413 g/mol. The number of alkyl halides is 2. The second-order valence-corrected chi connectivity index (χ2v) is 7.76. The molecule has 1 aliphatic heterocycles. The molecule has 4 rings (SSSR count). The summed E-state index contributed by atoms with van der Waals surface area (Å²) in [4.78, 5) is 18.3. The molecular formula is C23H25F2N3O2. The molecule has 0 radical (unpaired) electrons. The molecule has 1 fully saturated rings. The summed E-state index contributed by atoms with van der Waals surface area (Å²) in [5.41, 5.74) is 2.31. The molecule has 1 N–H and O–H groups in total. The lowest BCUT2D eigenvalue weighted by atomic mass is 9.99. The summed E-state index contributed by atoms with van der Waals surface area (Å²) in [5.74, 6) is 1.21. The maximum Gasteiger partial charge on any atom is 0.272 e. The Kier molecular flexibility index (Phi) is 6.08. The standard InChI is InChI=1S/C23H25F2N3O2/c1-15-5-2-3-7-18(15)22-27-20-9-8-17(30-14-21(24)25)11-19(20)23(29)28(22)13-16-6-4-10-26-12-16/h2-3,5,7-9,11,16,21,26H,4,6,10,12-14H2,1H3/t16-/m0/s1. The van der Waals surface area contributed by atoms with Gasteiger partial charge in [0.05, 0.1) is 10.9 Å². The first-order chi connectivity index (χ1) is 14.5. The third-order valence-corrected chi connectivity index (χ3v) is 5.53. The molecule has 0 spiro atoms. The molecule has 1 aliphatic rings. The molecule has 2 aromatic carbocycles. The number of piperidine rings is 1. The molecule has 0 unspecified atom stereocenters. The van der Waals surface area contributed by atoms with Crippen molar-refractivity contribution < 1.29 is 13.5 Å². The Morgan fingerprint density at radius 3 is 2.83 bits per heavy atom. The summed E-state index contributed by atoms with van der Waals surface area (Å²) in [6.45, 7) is 3.70. The first-order valence-electron chi connectivity index (χ1n) is 10.2. The second kappa shape index (κ2) is 8.92. The molecular weight excluding hydrogens is 388 g/mol. The molecule has 1 saturated heterocycles. The number of benzene rings is 2. The monoisotopic (exact) mass is 413 g/mol. The number of rotatable bonds is 6. The Bertz CT molecular complexity index is 1090. The van der Waals surface area contributed by atoms with Crippen LogP contribution in [0.15, 0.2) is 47.3 Å². The number of nitrogens with zero attached hydrogens (tertiary/aromatic N) is 2. The highest BCUT2D eigenvalue weighted by molar-refractivity contribution is 5.81. The van der Waals surface area contributed by atoms with Gasteiger partial charge in [0, 0.05) is 12.1 Å². The summed E-state index contributed by atoms with van der Waals surface area (Å²) in [6.07, 6.45) is -0.453. The largest absolute Gasteiger partial charge is 0.488 e. The fourth-order valence-corrected chi connectivity index (χ4v) is 3.99. The molecule has 0 bridgehead atoms. The van der Waals surface area contributed by atoms with Gasteiger partial charge in [0.2, 0.25) is 0 Å². The number of aryl methyl sites for hydroxylation is 1. The van der Waals surface area contributed by atoms with E-state index >= 15 is 0 Å². The molecule has 158 valence electrons. The molecule has 30 heavy (non-hydrogen) atoms. The van der Waals surface area contributed by atoms with Crippen LogP contribution < -0.4 is 15.6 Å². The van der Waals surface area contributed by atoms with Crippen molar-refractivity contribution in [3.63, 3.8) is 0 Å². The summed E-state index contributed by atoms with van der Waals surface area (Å²) >= 11 is 0. The van der Waals surface area contributed by atoms with Crippen molar-refractivity contribution in [3.05, 3.63) is 58.4 Å². The van der Waals surface area contributed by atoms with Gasteiger partial charge in [0.25, 0.3) is 12.0 Å². The van der Waals surface area contributed by atoms with Crippen LogP contribution in [0.3, 0.4) is 0 Å². The maximum atomic E-state index is 13.5. The highest BCUT2D eigenvalue weighted by atomic mass is 19.3. The van der Waals surface area contributed by atoms with E-state index in [9.17, 15) is 13.6 Å². The summed E-state index contributed by atoms with van der Waals surface area (Å²) in [5, 5.41) is 3.77. The zero-order valence-electron chi connectivity index (χ0n) is 16.9. The van der Waals surface area contributed by atoms with E-state index in [4.69, 9.17) is 9.72 Å². The van der Waals surface area contributed by atoms with Gasteiger partial charge >= 0.3 is 0 Å². The van der Waals surface area contributed by atoms with Crippen LogP contribution in [0.1, 0.15) is 18.4 Å². The van der Waals surface area contributed by atoms with Crippen molar-refractivity contribution >= 4 is 10.9 Å². The van der Waals surface area contributed by atoms with Crippen LogP contribution in [-0.2, 0) is 6.54 Å². The average Bonchev–Trinajstić information content (AvgIpc) is 2.75. The van der Waals surface area contributed by atoms with Gasteiger partial charge in [-0.15, -0.1) is 0 Å². The van der Waals surface area contributed by atoms with Crippen LogP contribution in [0.2, 0.25) is 0 Å². The minimum Gasteiger partial charge on any atom is -0.488 e. The van der Waals surface area contributed by atoms with Crippen molar-refractivity contribution in [1.29, 1.82) is 0 Å². The molecule has 3 aromatic rings. The van der Waals surface area contributed by atoms with Crippen molar-refractivity contribution in [2.24, 2.45) is 5.92 Å². The molecule has 5 nitrogen and oxygen atoms in total. The Balaban J connectivity index is 1.83. The van der Waals surface area contributed by atoms with E-state index in [2.05, 4.69) is 5.32 Å². The van der Waals surface area contributed by atoms with Crippen LogP contribution in [0.25, 0.3) is 22.3 Å². The molecule has 2 heterocycles. The lowest BCUT2D eigenvalue weighted by molar-refractivity contribution is 0.0820. The lowest BCUT2D eigenvalue weighted by Crippen LogP contribution is -2.35. The van der Waals surface area contributed by atoms with E-state index in [1.807, 2.05) is 31.2 Å². The predicted molar refractivity (Wildman–Crippen MR) is 113 cm³/mol. The first kappa shape index (κ1) is 20.5. The topological polar surface area (TPSA) is 56.1 Å². The van der Waals surface area contributed by atoms with Gasteiger partial charge in [0.15, 0.2) is 0 Å². The Labute approximate surface area is 173 Å². The molecule has 7 heteroatoms. The van der Waals surface area contributed by atoms with Crippen molar-refractivity contribution in [1.82, 2.24) is 14.9 Å². The first-order valence-corrected chi connectivity index (χ1v) is 10.2. The quantitative estimate of drug-likeness (QED) is 0.663. The Hall–Kier alpha value is -2.80. The number of nitrogens with one attached hydrogen (secondary N) is 1. The fourth-order valence-electron chi connectivity index (χ4n) is 3.99. The van der Waals surface area contributed by atoms with Crippen LogP contribution in [0.5, 0.6) is 5.75 Å². The normalized spacial score (nSPS) is 16.9. The van der Waals surface area contributed by atoms with E-state index in [1.165, 1.54) is 6.07 Å². The molecule has 1 aromatic heterocycles. The SMILES string of the molecule is Cc1ccccc1-c1nc2ccc(OCC(F)F)cc2c(=O)n1C[C@H]1CCCNC1. The Morgan fingerprint density at radius 2 is 2.10 bits per heavy atom. The highest BCUT2D eigenvalue weighted by Gasteiger charge is 2.20. The van der Waals surface area contributed by atoms with Gasteiger partial charge < -0.3 is 10.1 Å². The number of ether oxygens (including phenoxy) is 1. The van der Waals surface area contributed by atoms with Gasteiger partial charge in [-0.05, 0) is 62.5 Å². The van der Waals surface area contributed by atoms with E-state index in [-0.39, 0.29) is 11.3 Å². The molecule has 0 aliphatic carbocycles. The van der Waals surface area contributed by atoms with Crippen molar-refractivity contribution in [2.45, 2.75) is 32.7 Å². The zero-order valence-corrected chi connectivity index (χ0v) is 16.9. The predicted octanol–water partition coefficient (Wildman–Crippen LogP) is 4.02. The van der Waals surface area contributed by atoms with Crippen molar-refractivity contribution in [3.8, 4) is 17.1 Å². The molecule has 0 amide bonds. The van der Waals surface area contributed by atoms with Crippen LogP contribution in [-0.4, -0.2) is 35.7 Å². The van der Waals surface area contributed by atoms with Gasteiger partial charge in [-0.3, -0.25) is 9.36 Å².